The third-order valence-electron chi connectivity index (χ3n) is 0.206. The van der Waals surface area contributed by atoms with E-state index in [1.807, 2.05) is 0 Å². The van der Waals surface area contributed by atoms with Crippen LogP contribution in [0.1, 0.15) is 0 Å². The van der Waals surface area contributed by atoms with Crippen LogP contribution in [0.25, 0.3) is 0 Å². The lowest BCUT2D eigenvalue weighted by molar-refractivity contribution is -0.675. The molecule has 0 bridgehead atoms. The molecular formula is H4NO7P. The molecule has 0 amide bonds. The molecule has 0 aliphatic rings. The van der Waals surface area contributed by atoms with E-state index in [4.69, 9.17) is 5.26 Å². The maximum Gasteiger partial charge on any atom is 0.0456 e. The van der Waals surface area contributed by atoms with Crippen LogP contribution in [-0.4, -0.2) is 5.26 Å². The summed E-state index contributed by atoms with van der Waals surface area (Å²) in [6.45, 7) is 0. The fraction of sp³-hybridized carbons (Fsp3) is 0. The lowest BCUT2D eigenvalue weighted by Crippen LogP contribution is -2.14. The molecule has 9 heteroatoms. The molecule has 0 aromatic carbocycles. The van der Waals surface area contributed by atoms with Gasteiger partial charge in [-0.3, -0.25) is 0 Å². The summed E-state index contributed by atoms with van der Waals surface area (Å²) in [6.07, 6.45) is 0. The van der Waals surface area contributed by atoms with Crippen LogP contribution in [0.2, 0.25) is 0 Å². The van der Waals surface area contributed by atoms with Crippen molar-refractivity contribution in [2.75, 3.05) is 0 Å². The second-order valence-electron chi connectivity index (χ2n) is 0.557. The van der Waals surface area contributed by atoms with E-state index in [1.165, 1.54) is 5.64 Å². The number of hydrogen-bond acceptors (Lipinski definition) is 8. The van der Waals surface area contributed by atoms with Gasteiger partial charge in [0.25, 0.3) is 0 Å². The van der Waals surface area contributed by atoms with E-state index in [2.05, 4.69) is 29.8 Å². The first-order chi connectivity index (χ1) is 4.41. The van der Waals surface area contributed by atoms with Crippen LogP contribution in [0.4, 0.5) is 0 Å². The van der Waals surface area contributed by atoms with Crippen molar-refractivity contribution in [1.82, 2.24) is 5.64 Å². The molecule has 0 rings (SSSR count). The van der Waals surface area contributed by atoms with Crippen LogP contribution in [-0.2, 0) is 29.8 Å². The molecule has 0 radical (unpaired) electrons. The van der Waals surface area contributed by atoms with Crippen LogP contribution in [0.15, 0.2) is 0 Å². The lowest BCUT2D eigenvalue weighted by atomic mass is 13.2. The van der Waals surface area contributed by atoms with Crippen molar-refractivity contribution in [2.24, 2.45) is 0 Å². The molecule has 0 heterocycles. The van der Waals surface area contributed by atoms with Crippen LogP contribution in [0.5, 0.6) is 0 Å². The highest BCUT2D eigenvalue weighted by Crippen LogP contribution is 1.84. The Balaban J connectivity index is 2.60. The van der Waals surface area contributed by atoms with Crippen molar-refractivity contribution >= 4 is 9.47 Å². The monoisotopic (exact) mass is 161 g/mol. The summed E-state index contributed by atoms with van der Waals surface area (Å²) in [5.74, 6) is 0. The van der Waals surface area contributed by atoms with E-state index in [9.17, 15) is 0 Å². The number of rotatable bonds is 6. The average Bonchev–Trinajstić information content (AvgIpc) is 1.89. The zero-order valence-electron chi connectivity index (χ0n) is 3.97. The van der Waals surface area contributed by atoms with Gasteiger partial charge in [-0.15, -0.1) is 0 Å². The largest absolute Gasteiger partial charge is 0.219 e. The number of hydrogen-bond donors (Lipinski definition) is 2. The first-order valence-electron chi connectivity index (χ1n) is 1.49. The van der Waals surface area contributed by atoms with Crippen molar-refractivity contribution in [2.45, 2.75) is 0 Å². The molecule has 0 spiro atoms. The molecule has 0 aliphatic carbocycles. The number of nitrogens with one attached hydrogen (secondary N) is 1. The quantitative estimate of drug-likeness (QED) is 0.231. The third kappa shape index (κ3) is 8.11. The van der Waals surface area contributed by atoms with Gasteiger partial charge < -0.3 is 0 Å². The van der Waals surface area contributed by atoms with Gasteiger partial charge in [-0.25, -0.2) is 5.26 Å². The van der Waals surface area contributed by atoms with Gasteiger partial charge in [0, 0.05) is 9.47 Å². The second-order valence-corrected chi connectivity index (χ2v) is 0.749. The SMILES string of the molecule is OOOONOOOP. The molecule has 0 aliphatic heterocycles. The molecule has 0 saturated heterocycles. The van der Waals surface area contributed by atoms with Crippen LogP contribution in [0, 0.1) is 0 Å². The summed E-state index contributed by atoms with van der Waals surface area (Å²) in [6, 6.07) is 0. The van der Waals surface area contributed by atoms with E-state index in [0.29, 0.717) is 0 Å². The van der Waals surface area contributed by atoms with Gasteiger partial charge in [-0.05, 0) is 20.8 Å². The van der Waals surface area contributed by atoms with Gasteiger partial charge in [0.1, 0.15) is 0 Å². The highest BCUT2D eigenvalue weighted by Gasteiger charge is 1.85. The Hall–Kier alpha value is 0.110. The van der Waals surface area contributed by atoms with E-state index >= 15 is 0 Å². The van der Waals surface area contributed by atoms with Gasteiger partial charge in [-0.2, -0.15) is 4.67 Å². The first-order valence-corrected chi connectivity index (χ1v) is 1.96. The smallest absolute Gasteiger partial charge is 0.0456 e. The molecule has 0 aromatic rings. The molecule has 0 aromatic heterocycles. The average molecular weight is 161 g/mol. The van der Waals surface area contributed by atoms with Crippen LogP contribution >= 0.6 is 9.47 Å². The van der Waals surface area contributed by atoms with E-state index in [0.717, 1.165) is 0 Å². The highest BCUT2D eigenvalue weighted by atomic mass is 31.0. The van der Waals surface area contributed by atoms with Crippen molar-refractivity contribution < 1.29 is 35.0 Å². The molecule has 9 heavy (non-hydrogen) atoms. The van der Waals surface area contributed by atoms with E-state index in [-0.39, 0.29) is 0 Å². The Morgan fingerprint density at radius 2 is 1.89 bits per heavy atom. The Morgan fingerprint density at radius 3 is 2.44 bits per heavy atom. The standard InChI is InChI=1S/H4NO7P/c2-5-6-3-1-4-7-8-9/h1-2H,9H2. The molecule has 1 unspecified atom stereocenters. The van der Waals surface area contributed by atoms with Crippen molar-refractivity contribution in [3.63, 3.8) is 0 Å². The molecule has 8 nitrogen and oxygen atoms in total. The van der Waals surface area contributed by atoms with Gasteiger partial charge in [0.05, 0.1) is 0 Å². The maximum absolute atomic E-state index is 7.40. The Labute approximate surface area is 51.4 Å². The maximum atomic E-state index is 7.40. The Bertz CT molecular complexity index is 42.2. The molecular weight excluding hydrogens is 157 g/mol. The van der Waals surface area contributed by atoms with Crippen LogP contribution in [0.3, 0.4) is 0 Å². The summed E-state index contributed by atoms with van der Waals surface area (Å²) < 4.78 is 3.82. The summed E-state index contributed by atoms with van der Waals surface area (Å²) in [7, 11) is 1.71. The molecule has 0 fully saturated rings. The van der Waals surface area contributed by atoms with Gasteiger partial charge >= 0.3 is 0 Å². The van der Waals surface area contributed by atoms with Crippen molar-refractivity contribution in [3.8, 4) is 0 Å². The summed E-state index contributed by atoms with van der Waals surface area (Å²) in [4.78, 5) is 7.38. The Kier molecular flexibility index (Phi) is 8.21. The molecule has 2 N–H and O–H groups in total. The second kappa shape index (κ2) is 8.11. The van der Waals surface area contributed by atoms with E-state index < -0.39 is 0 Å². The molecule has 0 saturated carbocycles. The zero-order valence-corrected chi connectivity index (χ0v) is 5.13. The van der Waals surface area contributed by atoms with Gasteiger partial charge in [0.15, 0.2) is 0 Å². The van der Waals surface area contributed by atoms with Crippen molar-refractivity contribution in [3.05, 3.63) is 0 Å². The Morgan fingerprint density at radius 1 is 1.22 bits per heavy atom. The summed E-state index contributed by atoms with van der Waals surface area (Å²) in [5.41, 5.74) is 1.52. The van der Waals surface area contributed by atoms with Crippen molar-refractivity contribution in [1.29, 1.82) is 0 Å². The normalized spacial score (nSPS) is 10.0. The first kappa shape index (κ1) is 9.11. The zero-order chi connectivity index (χ0) is 6.95. The predicted octanol–water partition coefficient (Wildman–Crippen LogP) is -0.571. The predicted molar refractivity (Wildman–Crippen MR) is 22.0 cm³/mol. The van der Waals surface area contributed by atoms with Gasteiger partial charge in [0.2, 0.25) is 0 Å². The minimum Gasteiger partial charge on any atom is -0.219 e. The molecule has 56 valence electrons. The summed E-state index contributed by atoms with van der Waals surface area (Å²) in [5, 5.41) is 17.4. The lowest BCUT2D eigenvalue weighted by Gasteiger charge is -1.96. The van der Waals surface area contributed by atoms with Gasteiger partial charge in [-0.1, -0.05) is 9.98 Å². The molecule has 1 atom stereocenters. The topological polar surface area (TPSA) is 87.6 Å². The highest BCUT2D eigenvalue weighted by molar-refractivity contribution is 7.09. The fourth-order valence-electron chi connectivity index (χ4n) is 0.0765. The fourth-order valence-corrected chi connectivity index (χ4v) is 0.116. The minimum atomic E-state index is 1.52. The summed E-state index contributed by atoms with van der Waals surface area (Å²) >= 11 is 0. The van der Waals surface area contributed by atoms with Crippen LogP contribution < -0.4 is 5.64 Å². The minimum absolute atomic E-state index is 1.52. The van der Waals surface area contributed by atoms with E-state index in [1.54, 1.807) is 9.47 Å². The third-order valence-corrected chi connectivity index (χ3v) is 0.284.